The minimum Gasteiger partial charge on any atom is -0.435 e. The Morgan fingerprint density at radius 3 is 2.80 bits per heavy atom. The second-order valence-corrected chi connectivity index (χ2v) is 9.96. The molecule has 4 aromatic heterocycles. The molecule has 230 valence electrons. The highest BCUT2D eigenvalue weighted by molar-refractivity contribution is 6.09. The Morgan fingerprint density at radius 1 is 1.18 bits per heavy atom. The molecule has 1 aliphatic rings. The highest BCUT2D eigenvalue weighted by Crippen LogP contribution is 2.38. The Morgan fingerprint density at radius 2 is 2.02 bits per heavy atom. The number of nitrogens with zero attached hydrogens (tertiary/aromatic N) is 10. The van der Waals surface area contributed by atoms with Crippen LogP contribution in [-0.4, -0.2) is 88.3 Å². The Labute approximate surface area is 246 Å². The van der Waals surface area contributed by atoms with Gasteiger partial charge in [-0.1, -0.05) is 0 Å². The maximum Gasteiger partial charge on any atom is 0.387 e. The van der Waals surface area contributed by atoms with Crippen molar-refractivity contribution in [2.75, 3.05) is 18.9 Å². The van der Waals surface area contributed by atoms with E-state index >= 15 is 0 Å². The number of ether oxygens (including phenoxy) is 2. The third-order valence-corrected chi connectivity index (χ3v) is 7.15. The number of carbonyl (C=O) groups is 1. The fourth-order valence-corrected chi connectivity index (χ4v) is 5.07. The van der Waals surface area contributed by atoms with Gasteiger partial charge in [0.15, 0.2) is 11.5 Å². The number of carbonyl (C=O) groups excluding carboxylic acids is 1. The van der Waals surface area contributed by atoms with Crippen LogP contribution in [-0.2, 0) is 13.1 Å². The number of likely N-dealkylation sites (tertiary alicyclic amines) is 1. The van der Waals surface area contributed by atoms with E-state index in [9.17, 15) is 22.4 Å². The molecule has 1 amide bonds. The number of likely N-dealkylation sites (N-methyl/N-ethyl adjacent to an activating group) is 1. The predicted molar refractivity (Wildman–Crippen MR) is 144 cm³/mol. The van der Waals surface area contributed by atoms with Gasteiger partial charge in [0.1, 0.15) is 29.3 Å². The quantitative estimate of drug-likeness (QED) is 0.220. The first kappa shape index (κ1) is 29.0. The van der Waals surface area contributed by atoms with Crippen molar-refractivity contribution in [1.82, 2.24) is 49.5 Å². The lowest BCUT2D eigenvalue weighted by atomic mass is 10.1. The fraction of sp³-hybridized carbons (Fsp3) is 0.346. The van der Waals surface area contributed by atoms with Gasteiger partial charge in [-0.15, -0.1) is 5.10 Å². The van der Waals surface area contributed by atoms with Gasteiger partial charge >= 0.3 is 13.2 Å². The van der Waals surface area contributed by atoms with Crippen molar-refractivity contribution in [2.45, 2.75) is 45.2 Å². The van der Waals surface area contributed by atoms with E-state index in [0.717, 1.165) is 37.6 Å². The molecular weight excluding hydrogens is 590 g/mol. The number of rotatable bonds is 11. The zero-order valence-corrected chi connectivity index (χ0v) is 23.1. The molecular formula is C26H25F4N11O3. The summed E-state index contributed by atoms with van der Waals surface area (Å²) >= 11 is 0. The summed E-state index contributed by atoms with van der Waals surface area (Å²) in [7, 11) is 2.03. The zero-order valence-electron chi connectivity index (χ0n) is 23.1. The first-order valence-corrected chi connectivity index (χ1v) is 13.4. The van der Waals surface area contributed by atoms with Crippen LogP contribution in [0.1, 0.15) is 29.0 Å². The van der Waals surface area contributed by atoms with Gasteiger partial charge in [-0.25, -0.2) is 14.2 Å². The van der Waals surface area contributed by atoms with Crippen LogP contribution in [0.25, 0.3) is 16.9 Å². The molecule has 0 bridgehead atoms. The maximum absolute atomic E-state index is 13.4. The Balaban J connectivity index is 1.38. The number of hydrogen-bond acceptors (Lipinski definition) is 10. The van der Waals surface area contributed by atoms with E-state index in [2.05, 4.69) is 50.4 Å². The van der Waals surface area contributed by atoms with E-state index in [1.165, 1.54) is 27.8 Å². The number of anilines is 1. The number of fused-ring (bicyclic) bond motifs is 1. The molecule has 1 saturated heterocycles. The normalized spacial score (nSPS) is 15.5. The lowest BCUT2D eigenvalue weighted by Gasteiger charge is -2.19. The number of aromatic nitrogens is 9. The summed E-state index contributed by atoms with van der Waals surface area (Å²) in [6.07, 6.45) is 7.91. The van der Waals surface area contributed by atoms with Crippen molar-refractivity contribution in [3.05, 3.63) is 60.4 Å². The van der Waals surface area contributed by atoms with Gasteiger partial charge in [0.05, 0.1) is 24.0 Å². The smallest absolute Gasteiger partial charge is 0.387 e. The monoisotopic (exact) mass is 615 g/mol. The predicted octanol–water partition coefficient (Wildman–Crippen LogP) is 3.18. The number of amides is 1. The molecule has 0 spiro atoms. The molecule has 5 aromatic rings. The number of alkyl halides is 4. The summed E-state index contributed by atoms with van der Waals surface area (Å²) in [4.78, 5) is 19.8. The van der Waals surface area contributed by atoms with Crippen LogP contribution in [0.2, 0.25) is 0 Å². The number of hydrogen-bond donors (Lipinski definition) is 1. The molecule has 0 saturated carbocycles. The molecule has 1 N–H and O–H groups in total. The van der Waals surface area contributed by atoms with E-state index < -0.39 is 19.1 Å². The number of nitrogens with one attached hydrogen (secondary N) is 1. The van der Waals surface area contributed by atoms with E-state index in [0.29, 0.717) is 12.4 Å². The molecule has 0 radical (unpaired) electrons. The van der Waals surface area contributed by atoms with Crippen molar-refractivity contribution in [2.24, 2.45) is 0 Å². The van der Waals surface area contributed by atoms with Crippen LogP contribution in [0.15, 0.2) is 49.1 Å². The maximum atomic E-state index is 13.4. The SMILES string of the molecule is CN1CCCC1Cn1nnnc1Cn1cc(NC(=O)c2cnn3cccnc23)c(-c2cc(OC(F)F)ccc2OC(F)F)n1. The van der Waals surface area contributed by atoms with Crippen LogP contribution < -0.4 is 14.8 Å². The lowest BCUT2D eigenvalue weighted by molar-refractivity contribution is -0.0526. The first-order chi connectivity index (χ1) is 21.2. The van der Waals surface area contributed by atoms with Crippen molar-refractivity contribution in [3.8, 4) is 22.8 Å². The molecule has 1 fully saturated rings. The number of tetrazole rings is 1. The molecule has 1 aromatic carbocycles. The Bertz CT molecular complexity index is 1770. The molecule has 18 heteroatoms. The van der Waals surface area contributed by atoms with Crippen molar-refractivity contribution < 1.29 is 31.8 Å². The third kappa shape index (κ3) is 6.14. The van der Waals surface area contributed by atoms with E-state index in [-0.39, 0.29) is 52.2 Å². The topological polar surface area (TPSA) is 142 Å². The van der Waals surface area contributed by atoms with Gasteiger partial charge in [0.25, 0.3) is 5.91 Å². The largest absolute Gasteiger partial charge is 0.435 e. The third-order valence-electron chi connectivity index (χ3n) is 7.15. The van der Waals surface area contributed by atoms with Gasteiger partial charge in [0.2, 0.25) is 0 Å². The molecule has 0 aliphatic carbocycles. The van der Waals surface area contributed by atoms with E-state index in [1.807, 2.05) is 7.05 Å². The van der Waals surface area contributed by atoms with Gasteiger partial charge < -0.3 is 19.7 Å². The van der Waals surface area contributed by atoms with Crippen LogP contribution in [0.5, 0.6) is 11.5 Å². The number of benzene rings is 1. The second kappa shape index (κ2) is 12.2. The van der Waals surface area contributed by atoms with Crippen molar-refractivity contribution >= 4 is 17.2 Å². The highest BCUT2D eigenvalue weighted by atomic mass is 19.3. The zero-order chi connectivity index (χ0) is 30.8. The van der Waals surface area contributed by atoms with Crippen LogP contribution in [0.3, 0.4) is 0 Å². The molecule has 6 rings (SSSR count). The van der Waals surface area contributed by atoms with Gasteiger partial charge in [0, 0.05) is 24.6 Å². The summed E-state index contributed by atoms with van der Waals surface area (Å²) in [6.45, 7) is -4.88. The average Bonchev–Trinajstić information content (AvgIpc) is 3.78. The minimum atomic E-state index is -3.24. The van der Waals surface area contributed by atoms with Gasteiger partial charge in [-0.05, 0) is 61.1 Å². The molecule has 44 heavy (non-hydrogen) atoms. The van der Waals surface area contributed by atoms with E-state index in [1.54, 1.807) is 16.9 Å². The summed E-state index contributed by atoms with van der Waals surface area (Å²) < 4.78 is 66.4. The molecule has 1 unspecified atom stereocenters. The molecule has 1 aliphatic heterocycles. The van der Waals surface area contributed by atoms with Crippen molar-refractivity contribution in [3.63, 3.8) is 0 Å². The minimum absolute atomic E-state index is 0.0306. The Kier molecular flexibility index (Phi) is 8.05. The van der Waals surface area contributed by atoms with E-state index in [4.69, 9.17) is 0 Å². The van der Waals surface area contributed by atoms with Crippen molar-refractivity contribution in [1.29, 1.82) is 0 Å². The Hall–Kier alpha value is -5.13. The summed E-state index contributed by atoms with van der Waals surface area (Å²) in [5, 5.41) is 23.4. The molecule has 14 nitrogen and oxygen atoms in total. The van der Waals surface area contributed by atoms with Gasteiger partial charge in [-0.2, -0.15) is 27.8 Å². The average molecular weight is 616 g/mol. The first-order valence-electron chi connectivity index (χ1n) is 13.4. The summed E-state index contributed by atoms with van der Waals surface area (Å²) in [5.74, 6) is -0.901. The second-order valence-electron chi connectivity index (χ2n) is 9.96. The molecule has 1 atom stereocenters. The highest BCUT2D eigenvalue weighted by Gasteiger charge is 2.25. The standard InChI is InChI=1S/C26H25F4N11O3/c1-38-8-2-4-15(38)12-41-21(34-36-37-41)14-39-13-19(33-24(42)18-11-32-40-9-3-7-31-23(18)40)22(35-39)17-10-16(43-25(27)28)5-6-20(17)44-26(29)30/h3,5-7,9-11,13,15,25-26H,2,4,8,12,14H2,1H3,(H,33,42). The van der Waals surface area contributed by atoms with Crippen LogP contribution in [0, 0.1) is 0 Å². The van der Waals surface area contributed by atoms with Gasteiger partial charge in [-0.3, -0.25) is 9.48 Å². The molecule has 5 heterocycles. The summed E-state index contributed by atoms with van der Waals surface area (Å²) in [5.41, 5.74) is 0.236. The number of halogens is 4. The fourth-order valence-electron chi connectivity index (χ4n) is 5.07. The van der Waals surface area contributed by atoms with Crippen LogP contribution in [0.4, 0.5) is 23.2 Å². The van der Waals surface area contributed by atoms with Crippen LogP contribution >= 0.6 is 0 Å². The summed E-state index contributed by atoms with van der Waals surface area (Å²) in [6, 6.07) is 5.06. The lowest BCUT2D eigenvalue weighted by Crippen LogP contribution is -2.30.